The summed E-state index contributed by atoms with van der Waals surface area (Å²) < 4.78 is 16.2. The number of carbonyl (C=O) groups is 1. The number of benzene rings is 1. The first-order valence-electron chi connectivity index (χ1n) is 7.73. The molecule has 2 rings (SSSR count). The molecule has 1 amide bonds. The van der Waals surface area contributed by atoms with Gasteiger partial charge in [0.15, 0.2) is 17.4 Å². The van der Waals surface area contributed by atoms with Crippen molar-refractivity contribution < 1.29 is 18.7 Å². The van der Waals surface area contributed by atoms with Crippen LogP contribution in [0.15, 0.2) is 22.6 Å². The standard InChI is InChI=1S/C18H24N2O4/c1-11-14(24-17(19-11)18(2,3)4)10-16(21)20-12-7-8-13(22-5)15(9-12)23-6/h7-9H,10H2,1-6H3,(H,20,21). The van der Waals surface area contributed by atoms with Gasteiger partial charge in [-0.15, -0.1) is 0 Å². The molecule has 0 aliphatic heterocycles. The zero-order chi connectivity index (χ0) is 17.9. The van der Waals surface area contributed by atoms with Gasteiger partial charge in [0.05, 0.1) is 26.3 Å². The van der Waals surface area contributed by atoms with Crippen molar-refractivity contribution in [3.8, 4) is 11.5 Å². The molecule has 0 radical (unpaired) electrons. The van der Waals surface area contributed by atoms with Crippen LogP contribution >= 0.6 is 0 Å². The summed E-state index contributed by atoms with van der Waals surface area (Å²) in [7, 11) is 3.12. The predicted octanol–water partition coefficient (Wildman–Crippen LogP) is 3.48. The molecular weight excluding hydrogens is 308 g/mol. The Hall–Kier alpha value is -2.50. The lowest BCUT2D eigenvalue weighted by molar-refractivity contribution is -0.115. The molecule has 1 aromatic carbocycles. The second-order valence-corrected chi connectivity index (χ2v) is 6.57. The van der Waals surface area contributed by atoms with Crippen LogP contribution in [0.5, 0.6) is 11.5 Å². The van der Waals surface area contributed by atoms with Gasteiger partial charge < -0.3 is 19.2 Å². The van der Waals surface area contributed by atoms with E-state index >= 15 is 0 Å². The molecule has 0 saturated heterocycles. The third kappa shape index (κ3) is 4.07. The topological polar surface area (TPSA) is 73.6 Å². The largest absolute Gasteiger partial charge is 0.493 e. The second kappa shape index (κ2) is 6.95. The summed E-state index contributed by atoms with van der Waals surface area (Å²) >= 11 is 0. The molecule has 24 heavy (non-hydrogen) atoms. The van der Waals surface area contributed by atoms with Crippen LogP contribution in [-0.4, -0.2) is 25.1 Å². The summed E-state index contributed by atoms with van der Waals surface area (Å²) in [6.07, 6.45) is 0.128. The molecule has 0 bridgehead atoms. The Kier molecular flexibility index (Phi) is 5.17. The zero-order valence-corrected chi connectivity index (χ0v) is 15.0. The van der Waals surface area contributed by atoms with E-state index in [4.69, 9.17) is 13.9 Å². The van der Waals surface area contributed by atoms with E-state index in [1.165, 1.54) is 0 Å². The summed E-state index contributed by atoms with van der Waals surface area (Å²) in [5.41, 5.74) is 1.18. The summed E-state index contributed by atoms with van der Waals surface area (Å²) in [4.78, 5) is 16.7. The summed E-state index contributed by atoms with van der Waals surface area (Å²) in [5.74, 6) is 2.20. The molecule has 6 heteroatoms. The van der Waals surface area contributed by atoms with Gasteiger partial charge >= 0.3 is 0 Å². The molecule has 6 nitrogen and oxygen atoms in total. The number of rotatable bonds is 5. The third-order valence-corrected chi connectivity index (χ3v) is 3.52. The number of nitrogens with zero attached hydrogens (tertiary/aromatic N) is 1. The number of anilines is 1. The van der Waals surface area contributed by atoms with Gasteiger partial charge in [-0.25, -0.2) is 4.98 Å². The molecule has 130 valence electrons. The predicted molar refractivity (Wildman–Crippen MR) is 91.8 cm³/mol. The Labute approximate surface area is 142 Å². The highest BCUT2D eigenvalue weighted by atomic mass is 16.5. The zero-order valence-electron chi connectivity index (χ0n) is 15.0. The maximum atomic E-state index is 12.3. The summed E-state index contributed by atoms with van der Waals surface area (Å²) in [5, 5.41) is 2.83. The third-order valence-electron chi connectivity index (χ3n) is 3.52. The Balaban J connectivity index is 2.10. The van der Waals surface area contributed by atoms with Gasteiger partial charge in [0.25, 0.3) is 0 Å². The van der Waals surface area contributed by atoms with Crippen LogP contribution in [-0.2, 0) is 16.6 Å². The number of oxazole rings is 1. The lowest BCUT2D eigenvalue weighted by Crippen LogP contribution is -2.14. The maximum absolute atomic E-state index is 12.3. The summed E-state index contributed by atoms with van der Waals surface area (Å²) in [6, 6.07) is 5.21. The smallest absolute Gasteiger partial charge is 0.232 e. The molecule has 0 atom stereocenters. The van der Waals surface area contributed by atoms with E-state index < -0.39 is 0 Å². The highest BCUT2D eigenvalue weighted by Crippen LogP contribution is 2.30. The van der Waals surface area contributed by atoms with Crippen molar-refractivity contribution >= 4 is 11.6 Å². The van der Waals surface area contributed by atoms with Crippen molar-refractivity contribution in [3.05, 3.63) is 35.5 Å². The van der Waals surface area contributed by atoms with Gasteiger partial charge in [-0.1, -0.05) is 20.8 Å². The summed E-state index contributed by atoms with van der Waals surface area (Å²) in [6.45, 7) is 7.90. The molecule has 0 spiro atoms. The van der Waals surface area contributed by atoms with E-state index in [9.17, 15) is 4.79 Å². The van der Waals surface area contributed by atoms with E-state index in [0.717, 1.165) is 5.69 Å². The molecule has 0 fully saturated rings. The lowest BCUT2D eigenvalue weighted by atomic mass is 9.97. The molecule has 0 aliphatic carbocycles. The van der Waals surface area contributed by atoms with Crippen LogP contribution in [0.3, 0.4) is 0 Å². The van der Waals surface area contributed by atoms with Crippen LogP contribution in [0, 0.1) is 6.92 Å². The second-order valence-electron chi connectivity index (χ2n) is 6.57. The Morgan fingerprint density at radius 3 is 2.42 bits per heavy atom. The fourth-order valence-corrected chi connectivity index (χ4v) is 2.18. The fraction of sp³-hybridized carbons (Fsp3) is 0.444. The van der Waals surface area contributed by atoms with E-state index in [-0.39, 0.29) is 17.7 Å². The van der Waals surface area contributed by atoms with Gasteiger partial charge in [0, 0.05) is 17.2 Å². The Bertz CT molecular complexity index is 729. The van der Waals surface area contributed by atoms with Crippen LogP contribution in [0.2, 0.25) is 0 Å². The fourth-order valence-electron chi connectivity index (χ4n) is 2.18. The minimum absolute atomic E-state index is 0.128. The van der Waals surface area contributed by atoms with E-state index in [0.29, 0.717) is 28.8 Å². The first-order chi connectivity index (χ1) is 11.2. The lowest BCUT2D eigenvalue weighted by Gasteiger charge is -2.12. The minimum atomic E-state index is -0.192. The number of hydrogen-bond acceptors (Lipinski definition) is 5. The van der Waals surface area contributed by atoms with Gasteiger partial charge in [0.1, 0.15) is 5.76 Å². The van der Waals surface area contributed by atoms with Gasteiger partial charge in [-0.2, -0.15) is 0 Å². The average molecular weight is 332 g/mol. The number of ether oxygens (including phenoxy) is 2. The number of nitrogens with one attached hydrogen (secondary N) is 1. The van der Waals surface area contributed by atoms with Crippen LogP contribution in [0.4, 0.5) is 5.69 Å². The highest BCUT2D eigenvalue weighted by Gasteiger charge is 2.23. The monoisotopic (exact) mass is 332 g/mol. The number of hydrogen-bond donors (Lipinski definition) is 1. The van der Waals surface area contributed by atoms with Crippen LogP contribution in [0.25, 0.3) is 0 Å². The number of aryl methyl sites for hydroxylation is 1. The van der Waals surface area contributed by atoms with Crippen molar-refractivity contribution in [1.82, 2.24) is 4.98 Å². The molecule has 2 aromatic rings. The SMILES string of the molecule is COc1ccc(NC(=O)Cc2oc(C(C)(C)C)nc2C)cc1OC. The first-order valence-corrected chi connectivity index (χ1v) is 7.73. The highest BCUT2D eigenvalue weighted by molar-refractivity contribution is 5.92. The van der Waals surface area contributed by atoms with E-state index in [1.807, 2.05) is 27.7 Å². The molecule has 1 aromatic heterocycles. The number of carbonyl (C=O) groups excluding carboxylic acids is 1. The van der Waals surface area contributed by atoms with Gasteiger partial charge in [0.2, 0.25) is 5.91 Å². The molecule has 0 saturated carbocycles. The molecule has 1 heterocycles. The van der Waals surface area contributed by atoms with Crippen LogP contribution in [0.1, 0.15) is 38.1 Å². The first kappa shape index (κ1) is 17.8. The Morgan fingerprint density at radius 2 is 1.88 bits per heavy atom. The Morgan fingerprint density at radius 1 is 1.21 bits per heavy atom. The van der Waals surface area contributed by atoms with E-state index in [2.05, 4.69) is 10.3 Å². The number of amides is 1. The van der Waals surface area contributed by atoms with Crippen molar-refractivity contribution in [1.29, 1.82) is 0 Å². The quantitative estimate of drug-likeness (QED) is 0.907. The number of methoxy groups -OCH3 is 2. The minimum Gasteiger partial charge on any atom is -0.493 e. The van der Waals surface area contributed by atoms with Crippen molar-refractivity contribution in [2.24, 2.45) is 0 Å². The molecule has 0 unspecified atom stereocenters. The van der Waals surface area contributed by atoms with Gasteiger partial charge in [-0.3, -0.25) is 4.79 Å². The molecular formula is C18H24N2O4. The normalized spacial score (nSPS) is 11.2. The average Bonchev–Trinajstić information content (AvgIpc) is 2.88. The van der Waals surface area contributed by atoms with Gasteiger partial charge in [-0.05, 0) is 19.1 Å². The van der Waals surface area contributed by atoms with Crippen molar-refractivity contribution in [2.75, 3.05) is 19.5 Å². The van der Waals surface area contributed by atoms with Crippen molar-refractivity contribution in [3.63, 3.8) is 0 Å². The maximum Gasteiger partial charge on any atom is 0.232 e. The number of aromatic nitrogens is 1. The van der Waals surface area contributed by atoms with Crippen LogP contribution < -0.4 is 14.8 Å². The van der Waals surface area contributed by atoms with E-state index in [1.54, 1.807) is 32.4 Å². The van der Waals surface area contributed by atoms with Crippen molar-refractivity contribution in [2.45, 2.75) is 39.5 Å². The molecule has 0 aliphatic rings. The molecule has 1 N–H and O–H groups in total.